The van der Waals surface area contributed by atoms with Gasteiger partial charge in [0.15, 0.2) is 17.7 Å². The van der Waals surface area contributed by atoms with Crippen molar-refractivity contribution in [1.29, 1.82) is 0 Å². The molecular formula is C57H78N14O9. The number of H-pyrrole nitrogens is 1. The van der Waals surface area contributed by atoms with Crippen molar-refractivity contribution in [2.75, 3.05) is 19.6 Å². The van der Waals surface area contributed by atoms with Gasteiger partial charge in [-0.1, -0.05) is 79.2 Å². The molecule has 0 saturated carbocycles. The van der Waals surface area contributed by atoms with Gasteiger partial charge in [0, 0.05) is 74.6 Å². The number of carbonyl (C=O) groups excluding carboxylic acids is 9. The topological polar surface area (TPSA) is 410 Å². The Labute approximate surface area is 465 Å². The third-order valence-corrected chi connectivity index (χ3v) is 14.0. The van der Waals surface area contributed by atoms with E-state index in [4.69, 9.17) is 34.4 Å². The molecule has 3 aromatic carbocycles. The molecule has 1 fully saturated rings. The summed E-state index contributed by atoms with van der Waals surface area (Å²) in [5.41, 5.74) is 38.1. The molecule has 18 N–H and O–H groups in total. The number of nitrogens with two attached hydrogens (primary N) is 6. The quantitative estimate of drug-likeness (QED) is 0.0355. The van der Waals surface area contributed by atoms with Gasteiger partial charge in [-0.25, -0.2) is 0 Å². The number of aliphatic imine (C=N–C) groups is 2. The van der Waals surface area contributed by atoms with E-state index in [-0.39, 0.29) is 127 Å². The van der Waals surface area contributed by atoms with Gasteiger partial charge in [0.25, 0.3) is 0 Å². The van der Waals surface area contributed by atoms with Gasteiger partial charge in [0.1, 0.15) is 35.7 Å². The van der Waals surface area contributed by atoms with Crippen molar-refractivity contribution in [3.63, 3.8) is 0 Å². The number of aromatic nitrogens is 1. The molecule has 1 saturated heterocycles. The second-order valence-electron chi connectivity index (χ2n) is 20.3. The number of nitrogens with zero attached hydrogens (tertiary/aromatic N) is 2. The fraction of sp³-hybridized carbons (Fsp3) is 0.456. The number of primary amides is 1. The zero-order valence-electron chi connectivity index (χ0n) is 45.4. The van der Waals surface area contributed by atoms with E-state index in [2.05, 4.69) is 41.6 Å². The standard InChI is InChI=1S/C57H78N14O9/c1-34(72)67-45(18-10-28-65-57(62)63)53(78)69-46-24-23-41(73)14-5-7-17-44(51(59)76)68-52(77)39(30-40-33-66-43-16-8-6-15-42(40)43)32-49(74)38(13-9-27-64-56(60)61)31-50(75)48(71-55(80)47(25-26-58)70-54(46)79)29-35-19-21-37(22-20-35)36-11-3-2-4-12-36/h2-4,6,8,11-12,15-16,19-22,33,38-39,44-48,66H,5,7,9-10,13-14,17-18,23-32,58H2,1H3,(H2,59,76)(H,67,72)(H,68,77)(H,69,78)(H,70,79)(H,71,80)(H4,60,61,64)(H4,62,63,65)/t38-,39-,44+,45+,46+,47+,48-/m1/s1. The van der Waals surface area contributed by atoms with Crippen molar-refractivity contribution >= 4 is 75.6 Å². The van der Waals surface area contributed by atoms with Gasteiger partial charge in [0.2, 0.25) is 35.4 Å². The molecule has 0 aliphatic carbocycles. The minimum absolute atomic E-state index is 0.00805. The molecule has 4 aromatic rings. The van der Waals surface area contributed by atoms with Crippen LogP contribution >= 0.6 is 0 Å². The van der Waals surface area contributed by atoms with Gasteiger partial charge < -0.3 is 66.0 Å². The highest BCUT2D eigenvalue weighted by atomic mass is 16.2. The molecule has 1 aromatic heterocycles. The van der Waals surface area contributed by atoms with Crippen LogP contribution in [0.1, 0.15) is 102 Å². The van der Waals surface area contributed by atoms with Gasteiger partial charge in [-0.05, 0) is 99.1 Å². The Kier molecular flexibility index (Phi) is 24.8. The molecule has 0 unspecified atom stereocenters. The molecule has 0 bridgehead atoms. The summed E-state index contributed by atoms with van der Waals surface area (Å²) in [5.74, 6) is -8.08. The second-order valence-corrected chi connectivity index (χ2v) is 20.3. The average Bonchev–Trinajstić information content (AvgIpc) is 3.86. The van der Waals surface area contributed by atoms with E-state index in [1.807, 2.05) is 78.9 Å². The van der Waals surface area contributed by atoms with E-state index >= 15 is 0 Å². The molecule has 23 heteroatoms. The lowest BCUT2D eigenvalue weighted by atomic mass is 9.83. The maximum Gasteiger partial charge on any atom is 0.243 e. The first-order valence-electron chi connectivity index (χ1n) is 27.2. The molecule has 1 aliphatic heterocycles. The first kappa shape index (κ1) is 62.4. The van der Waals surface area contributed by atoms with Crippen LogP contribution in [0.4, 0.5) is 0 Å². The maximum atomic E-state index is 15.0. The second kappa shape index (κ2) is 31.8. The number of amides is 6. The predicted octanol–water partition coefficient (Wildman–Crippen LogP) is 1.08. The first-order chi connectivity index (χ1) is 38.3. The average molecular weight is 1100 g/mol. The van der Waals surface area contributed by atoms with Crippen molar-refractivity contribution in [3.05, 3.63) is 96.2 Å². The number of ketones is 3. The van der Waals surface area contributed by atoms with Crippen LogP contribution in [0.2, 0.25) is 0 Å². The molecule has 0 spiro atoms. The van der Waals surface area contributed by atoms with Crippen LogP contribution in [0.25, 0.3) is 22.0 Å². The number of carbonyl (C=O) groups is 9. The lowest BCUT2D eigenvalue weighted by Gasteiger charge is -2.27. The molecule has 80 heavy (non-hydrogen) atoms. The highest BCUT2D eigenvalue weighted by molar-refractivity contribution is 5.98. The van der Waals surface area contributed by atoms with E-state index in [9.17, 15) is 43.2 Å². The van der Waals surface area contributed by atoms with Crippen molar-refractivity contribution in [1.82, 2.24) is 31.6 Å². The summed E-state index contributed by atoms with van der Waals surface area (Å²) < 4.78 is 0. The van der Waals surface area contributed by atoms with Gasteiger partial charge >= 0.3 is 0 Å². The number of nitrogens with one attached hydrogen (secondary N) is 6. The van der Waals surface area contributed by atoms with Gasteiger partial charge in [-0.15, -0.1) is 0 Å². The molecule has 5 rings (SSSR count). The molecule has 1 aliphatic rings. The van der Waals surface area contributed by atoms with E-state index in [1.165, 1.54) is 6.92 Å². The molecule has 7 atom stereocenters. The number of hydrogen-bond acceptors (Lipinski definition) is 12. The van der Waals surface area contributed by atoms with Crippen LogP contribution in [0, 0.1) is 11.8 Å². The summed E-state index contributed by atoms with van der Waals surface area (Å²) in [5, 5.41) is 14.4. The lowest BCUT2D eigenvalue weighted by Crippen LogP contribution is -2.58. The molecule has 0 radical (unpaired) electrons. The van der Waals surface area contributed by atoms with Gasteiger partial charge in [-0.2, -0.15) is 0 Å². The first-order valence-corrected chi connectivity index (χ1v) is 27.2. The van der Waals surface area contributed by atoms with Crippen LogP contribution in [0.15, 0.2) is 95.0 Å². The summed E-state index contributed by atoms with van der Waals surface area (Å²) in [4.78, 5) is 137. The molecular weight excluding hydrogens is 1020 g/mol. The van der Waals surface area contributed by atoms with Crippen molar-refractivity contribution in [3.8, 4) is 11.1 Å². The highest BCUT2D eigenvalue weighted by Crippen LogP contribution is 2.27. The predicted molar refractivity (Wildman–Crippen MR) is 305 cm³/mol. The number of guanidine groups is 2. The summed E-state index contributed by atoms with van der Waals surface area (Å²) in [7, 11) is 0. The Hall–Kier alpha value is -8.47. The third-order valence-electron chi connectivity index (χ3n) is 14.0. The van der Waals surface area contributed by atoms with Crippen molar-refractivity contribution < 1.29 is 43.2 Å². The lowest BCUT2D eigenvalue weighted by molar-refractivity contribution is -0.135. The number of Topliss-reactive ketones (excluding diaryl/α,β-unsaturated/α-hetero) is 3. The monoisotopic (exact) mass is 1100 g/mol. The summed E-state index contributed by atoms with van der Waals surface area (Å²) in [6.45, 7) is 1.37. The largest absolute Gasteiger partial charge is 0.370 e. The fourth-order valence-corrected chi connectivity index (χ4v) is 9.70. The fourth-order valence-electron chi connectivity index (χ4n) is 9.70. The zero-order valence-corrected chi connectivity index (χ0v) is 45.4. The van der Waals surface area contributed by atoms with E-state index < -0.39 is 95.5 Å². The van der Waals surface area contributed by atoms with Gasteiger partial charge in [0.05, 0.1) is 6.04 Å². The Balaban J connectivity index is 1.55. The molecule has 2 heterocycles. The smallest absolute Gasteiger partial charge is 0.243 e. The summed E-state index contributed by atoms with van der Waals surface area (Å²) in [6, 6.07) is 18.1. The van der Waals surface area contributed by atoms with Crippen LogP contribution < -0.4 is 61.0 Å². The highest BCUT2D eigenvalue weighted by Gasteiger charge is 2.35. The summed E-state index contributed by atoms with van der Waals surface area (Å²) >= 11 is 0. The number of rotatable bonds is 19. The van der Waals surface area contributed by atoms with E-state index in [0.29, 0.717) is 5.56 Å². The van der Waals surface area contributed by atoms with E-state index in [1.54, 1.807) is 6.20 Å². The Morgan fingerprint density at radius 2 is 1.31 bits per heavy atom. The number of para-hydroxylation sites is 1. The third kappa shape index (κ3) is 20.4. The van der Waals surface area contributed by atoms with Crippen molar-refractivity contribution in [2.24, 2.45) is 56.2 Å². The zero-order chi connectivity index (χ0) is 58.1. The van der Waals surface area contributed by atoms with Crippen LogP contribution in [0.5, 0.6) is 0 Å². The summed E-state index contributed by atoms with van der Waals surface area (Å²) in [6.07, 6.45) is 1.72. The minimum atomic E-state index is -1.42. The van der Waals surface area contributed by atoms with Gasteiger partial charge in [-0.3, -0.25) is 53.1 Å². The number of aromatic amines is 1. The normalized spacial score (nSPS) is 20.8. The van der Waals surface area contributed by atoms with Crippen molar-refractivity contribution in [2.45, 2.75) is 133 Å². The van der Waals surface area contributed by atoms with Crippen LogP contribution in [0.3, 0.4) is 0 Å². The number of fused-ring (bicyclic) bond motifs is 1. The van der Waals surface area contributed by atoms with Crippen LogP contribution in [-0.2, 0) is 56.0 Å². The molecule has 430 valence electrons. The number of benzene rings is 3. The maximum absolute atomic E-state index is 15.0. The number of hydrogen-bond donors (Lipinski definition) is 12. The van der Waals surface area contributed by atoms with Crippen LogP contribution in [-0.4, -0.2) is 120 Å². The molecule has 23 nitrogen and oxygen atoms in total. The SMILES string of the molecule is CC(=O)N[C@@H](CCCN=C(N)N)C(=O)N[C@H]1CCC(=O)CCCC[C@@H](C(N)=O)NC(=O)[C@H](Cc2c[nH]c3ccccc23)CC(=O)[C@H](CCCN=C(N)N)CC(=O)[C@@H](Cc2ccc(-c3ccccc3)cc2)NC(=O)[C@H](CCN)NC1=O. The Morgan fingerprint density at radius 3 is 1.99 bits per heavy atom. The Morgan fingerprint density at radius 1 is 0.662 bits per heavy atom. The molecule has 6 amide bonds. The van der Waals surface area contributed by atoms with E-state index in [0.717, 1.165) is 27.6 Å². The minimum Gasteiger partial charge on any atom is -0.370 e. The Bertz CT molecular complexity index is 2830.